The summed E-state index contributed by atoms with van der Waals surface area (Å²) in [6.45, 7) is 2.32. The van der Waals surface area contributed by atoms with E-state index < -0.39 is 8.38 Å². The van der Waals surface area contributed by atoms with Crippen LogP contribution < -0.4 is 5.73 Å². The van der Waals surface area contributed by atoms with E-state index in [1.54, 1.807) is 10.9 Å². The fourth-order valence-electron chi connectivity index (χ4n) is 1.56. The molecule has 0 fully saturated rings. The zero-order valence-electron chi connectivity index (χ0n) is 10.3. The summed E-state index contributed by atoms with van der Waals surface area (Å²) < 4.78 is 7.05. The van der Waals surface area contributed by atoms with E-state index in [1.807, 2.05) is 6.92 Å². The first-order valence-corrected chi connectivity index (χ1v) is 6.69. The fraction of sp³-hybridized carbons (Fsp3) is 0.444. The highest BCUT2D eigenvalue weighted by molar-refractivity contribution is 7.44. The van der Waals surface area contributed by atoms with Crippen LogP contribution in [0, 0.1) is 0 Å². The van der Waals surface area contributed by atoms with Crippen molar-refractivity contribution in [2.75, 3.05) is 12.1 Å². The van der Waals surface area contributed by atoms with Gasteiger partial charge < -0.3 is 24.8 Å². The average molecular weight is 282 g/mol. The molecule has 0 aliphatic heterocycles. The summed E-state index contributed by atoms with van der Waals surface area (Å²) in [6.07, 6.45) is 2.72. The number of hydrogen-bond acceptors (Lipinski definition) is 7. The molecule has 4 N–H and O–H groups in total. The number of fused-ring (bicyclic) bond motifs is 1. The molecular weight excluding hydrogens is 268 g/mol. The molecular formula is C9H14BN5O3P. The molecule has 0 aliphatic rings. The van der Waals surface area contributed by atoms with Gasteiger partial charge in [0.15, 0.2) is 19.8 Å². The van der Waals surface area contributed by atoms with E-state index in [4.69, 9.17) is 20.3 Å². The summed E-state index contributed by atoms with van der Waals surface area (Å²) in [7, 11) is -2.03. The fourth-order valence-corrected chi connectivity index (χ4v) is 1.94. The molecule has 0 amide bonds. The van der Waals surface area contributed by atoms with Crippen molar-refractivity contribution < 1.29 is 14.5 Å². The second-order valence-corrected chi connectivity index (χ2v) is 4.81. The minimum absolute atomic E-state index is 0. The number of nitrogens with zero attached hydrogens (tertiary/aromatic N) is 4. The van der Waals surface area contributed by atoms with Crippen molar-refractivity contribution in [3.8, 4) is 0 Å². The largest absolute Gasteiger partial charge is 0.382 e. The number of rotatable bonds is 5. The van der Waals surface area contributed by atoms with Crippen molar-refractivity contribution in [3.05, 3.63) is 12.7 Å². The van der Waals surface area contributed by atoms with E-state index >= 15 is 0 Å². The van der Waals surface area contributed by atoms with Crippen LogP contribution in [0.4, 0.5) is 5.82 Å². The summed E-state index contributed by atoms with van der Waals surface area (Å²) in [5, 5.41) is 0. The smallest absolute Gasteiger partial charge is 0.192 e. The second-order valence-electron chi connectivity index (χ2n) is 3.81. The molecule has 1 atom stereocenters. The second kappa shape index (κ2) is 6.77. The Labute approximate surface area is 113 Å². The molecule has 19 heavy (non-hydrogen) atoms. The number of ether oxygens (including phenoxy) is 1. The Balaban J connectivity index is 0.00000180. The number of aromatic nitrogens is 4. The molecule has 3 radical (unpaired) electrons. The zero-order valence-corrected chi connectivity index (χ0v) is 11.2. The van der Waals surface area contributed by atoms with Gasteiger partial charge in [-0.3, -0.25) is 0 Å². The quantitative estimate of drug-likeness (QED) is 0.508. The van der Waals surface area contributed by atoms with Gasteiger partial charge in [-0.15, -0.1) is 0 Å². The predicted octanol–water partition coefficient (Wildman–Crippen LogP) is -0.313. The molecule has 2 aromatic rings. The maximum atomic E-state index is 8.77. The van der Waals surface area contributed by atoms with Crippen LogP contribution in [0.5, 0.6) is 0 Å². The Kier molecular flexibility index (Phi) is 5.62. The third-order valence-corrected chi connectivity index (χ3v) is 2.74. The van der Waals surface area contributed by atoms with Crippen molar-refractivity contribution in [2.45, 2.75) is 19.6 Å². The van der Waals surface area contributed by atoms with Gasteiger partial charge in [-0.05, 0) is 6.92 Å². The molecule has 2 rings (SSSR count). The third-order valence-electron chi connectivity index (χ3n) is 2.36. The average Bonchev–Trinajstić information content (AvgIpc) is 2.72. The molecule has 0 saturated carbocycles. The summed E-state index contributed by atoms with van der Waals surface area (Å²) >= 11 is 0. The SMILES string of the molecule is C[C@H](Cn1cnc2c(N)ncnc21)OCP(O)O.[B]. The first-order valence-electron chi connectivity index (χ1n) is 5.26. The normalized spacial score (nSPS) is 12.6. The molecule has 0 saturated heterocycles. The first-order chi connectivity index (χ1) is 8.58. The Morgan fingerprint density at radius 1 is 1.42 bits per heavy atom. The van der Waals surface area contributed by atoms with Crippen molar-refractivity contribution in [1.82, 2.24) is 19.5 Å². The monoisotopic (exact) mass is 282 g/mol. The van der Waals surface area contributed by atoms with Crippen molar-refractivity contribution >= 4 is 33.8 Å². The van der Waals surface area contributed by atoms with E-state index in [1.165, 1.54) is 6.33 Å². The van der Waals surface area contributed by atoms with Gasteiger partial charge in [0, 0.05) is 8.41 Å². The van der Waals surface area contributed by atoms with Crippen LogP contribution in [-0.4, -0.2) is 50.2 Å². The molecule has 2 heterocycles. The first kappa shape index (κ1) is 15.8. The Bertz CT molecular complexity index is 538. The van der Waals surface area contributed by atoms with Gasteiger partial charge in [0.05, 0.1) is 19.0 Å². The minimum atomic E-state index is -2.03. The predicted molar refractivity (Wildman–Crippen MR) is 72.3 cm³/mol. The lowest BCUT2D eigenvalue weighted by Crippen LogP contribution is -2.16. The number of imidazole rings is 1. The maximum absolute atomic E-state index is 8.77. The van der Waals surface area contributed by atoms with Gasteiger partial charge >= 0.3 is 0 Å². The van der Waals surface area contributed by atoms with E-state index in [9.17, 15) is 0 Å². The molecule has 0 bridgehead atoms. The van der Waals surface area contributed by atoms with Crippen LogP contribution in [0.3, 0.4) is 0 Å². The number of hydrogen-bond donors (Lipinski definition) is 3. The molecule has 10 heteroatoms. The minimum Gasteiger partial charge on any atom is -0.382 e. The Hall–Kier alpha value is -1.28. The lowest BCUT2D eigenvalue weighted by atomic mass is 10.4. The summed E-state index contributed by atoms with van der Waals surface area (Å²) in [5.74, 6) is 0.335. The van der Waals surface area contributed by atoms with Crippen LogP contribution in [0.25, 0.3) is 11.2 Å². The van der Waals surface area contributed by atoms with Crippen molar-refractivity contribution in [2.24, 2.45) is 0 Å². The summed E-state index contributed by atoms with van der Waals surface area (Å²) in [5.41, 5.74) is 6.86. The molecule has 8 nitrogen and oxygen atoms in total. The summed E-state index contributed by atoms with van der Waals surface area (Å²) in [4.78, 5) is 29.6. The van der Waals surface area contributed by atoms with Gasteiger partial charge in [0.1, 0.15) is 18.2 Å². The summed E-state index contributed by atoms with van der Waals surface area (Å²) in [6, 6.07) is 0. The van der Waals surface area contributed by atoms with E-state index in [2.05, 4.69) is 15.0 Å². The molecule has 0 unspecified atom stereocenters. The van der Waals surface area contributed by atoms with Crippen LogP contribution in [0.15, 0.2) is 12.7 Å². The Morgan fingerprint density at radius 3 is 2.84 bits per heavy atom. The number of nitrogen functional groups attached to an aromatic ring is 1. The van der Waals surface area contributed by atoms with Gasteiger partial charge in [-0.25, -0.2) is 15.0 Å². The number of nitrogens with two attached hydrogens (primary N) is 1. The lowest BCUT2D eigenvalue weighted by Gasteiger charge is -2.14. The molecule has 0 aromatic carbocycles. The van der Waals surface area contributed by atoms with Crippen molar-refractivity contribution in [3.63, 3.8) is 0 Å². The van der Waals surface area contributed by atoms with Gasteiger partial charge in [-0.1, -0.05) is 0 Å². The molecule has 0 spiro atoms. The maximum Gasteiger partial charge on any atom is 0.192 e. The van der Waals surface area contributed by atoms with Crippen LogP contribution in [0.1, 0.15) is 6.92 Å². The molecule has 0 aliphatic carbocycles. The topological polar surface area (TPSA) is 119 Å². The molecule has 2 aromatic heterocycles. The highest BCUT2D eigenvalue weighted by Gasteiger charge is 2.11. The van der Waals surface area contributed by atoms with Gasteiger partial charge in [0.2, 0.25) is 0 Å². The standard InChI is InChI=1S/C9H14N5O3P.B/c1-6(17-5-18(15)16)2-14-4-13-7-8(10)11-3-12-9(7)14;/h3-4,6,15-16H,2,5H2,1H3,(H2,10,11,12);/t6-;/m1./s1. The van der Waals surface area contributed by atoms with Crippen LogP contribution in [0.2, 0.25) is 0 Å². The van der Waals surface area contributed by atoms with Crippen LogP contribution >= 0.6 is 8.38 Å². The van der Waals surface area contributed by atoms with E-state index in [0.717, 1.165) is 0 Å². The van der Waals surface area contributed by atoms with E-state index in [0.29, 0.717) is 23.5 Å². The Morgan fingerprint density at radius 2 is 2.16 bits per heavy atom. The molecule has 101 valence electrons. The van der Waals surface area contributed by atoms with E-state index in [-0.39, 0.29) is 20.9 Å². The highest BCUT2D eigenvalue weighted by atomic mass is 31.2. The van der Waals surface area contributed by atoms with Crippen molar-refractivity contribution in [1.29, 1.82) is 0 Å². The van der Waals surface area contributed by atoms with Gasteiger partial charge in [0.25, 0.3) is 0 Å². The highest BCUT2D eigenvalue weighted by Crippen LogP contribution is 2.23. The lowest BCUT2D eigenvalue weighted by molar-refractivity contribution is 0.0822. The zero-order chi connectivity index (χ0) is 13.1. The third kappa shape index (κ3) is 3.84. The van der Waals surface area contributed by atoms with Crippen LogP contribution in [-0.2, 0) is 11.3 Å². The van der Waals surface area contributed by atoms with Gasteiger partial charge in [-0.2, -0.15) is 0 Å². The number of anilines is 1.